The number of amides is 1. The van der Waals surface area contributed by atoms with Crippen LogP contribution in [0.5, 0.6) is 11.5 Å². The maximum absolute atomic E-state index is 11.6. The number of hydrogen-bond donors (Lipinski definition) is 3. The molecule has 1 amide bonds. The summed E-state index contributed by atoms with van der Waals surface area (Å²) in [5, 5.41) is 11.0. The van der Waals surface area contributed by atoms with E-state index in [0.29, 0.717) is 31.9 Å². The minimum Gasteiger partial charge on any atom is -0.494 e. The fourth-order valence-electron chi connectivity index (χ4n) is 4.44. The number of aryl methyl sites for hydroxylation is 2. The zero-order valence-corrected chi connectivity index (χ0v) is 22.1. The number of H-pyrrole nitrogens is 1. The van der Waals surface area contributed by atoms with Crippen molar-refractivity contribution in [1.29, 1.82) is 0 Å². The Morgan fingerprint density at radius 3 is 2.36 bits per heavy atom. The largest absolute Gasteiger partial charge is 0.494 e. The van der Waals surface area contributed by atoms with Crippen LogP contribution in [-0.2, 0) is 13.2 Å². The zero-order chi connectivity index (χ0) is 27.9. The van der Waals surface area contributed by atoms with Crippen LogP contribution < -0.4 is 26.2 Å². The summed E-state index contributed by atoms with van der Waals surface area (Å²) in [5.74, 6) is 0.655. The highest BCUT2D eigenvalue weighted by molar-refractivity contribution is 5.75. The van der Waals surface area contributed by atoms with E-state index in [1.165, 1.54) is 0 Å². The molecule has 0 saturated heterocycles. The van der Waals surface area contributed by atoms with E-state index in [9.17, 15) is 14.4 Å². The first-order valence-electron chi connectivity index (χ1n) is 12.5. The highest BCUT2D eigenvalue weighted by atomic mass is 16.5. The maximum Gasteiger partial charge on any atom is 0.440 e. The molecule has 3 N–H and O–H groups in total. The van der Waals surface area contributed by atoms with Crippen molar-refractivity contribution in [3.05, 3.63) is 103 Å². The standard InChI is InChI=1S/C29H31N3O7/c1-18-14-24(37-13-5-12-30-28(34)35)15-19(2)26(18)25-7-4-6-22(20(25)3)17-38-23-10-8-21(9-11-23)16-32-27(33)31-29(36)39-32/h4,6-11,14-15,30H,5,12-13,16-17H2,1-3H3,(H,34,35)(H,31,33,36). The molecule has 4 aromatic rings. The first-order valence-corrected chi connectivity index (χ1v) is 12.5. The van der Waals surface area contributed by atoms with Crippen molar-refractivity contribution in [2.75, 3.05) is 13.2 Å². The molecule has 1 aromatic heterocycles. The topological polar surface area (TPSA) is 136 Å². The number of nitrogens with one attached hydrogen (secondary N) is 2. The molecule has 3 aromatic carbocycles. The predicted octanol–water partition coefficient (Wildman–Crippen LogP) is 4.39. The fraction of sp³-hybridized carbons (Fsp3) is 0.276. The Bertz CT molecular complexity index is 1540. The Labute approximate surface area is 224 Å². The Kier molecular flexibility index (Phi) is 8.55. The fourth-order valence-corrected chi connectivity index (χ4v) is 4.44. The molecule has 0 spiro atoms. The Hall–Kier alpha value is -4.73. The SMILES string of the molecule is Cc1cc(OCCCNC(=O)O)cc(C)c1-c1cccc(COc2ccc(Cn3oc(=O)[nH]c3=O)cc2)c1C. The second kappa shape index (κ2) is 12.2. The molecule has 0 radical (unpaired) electrons. The lowest BCUT2D eigenvalue weighted by Crippen LogP contribution is -2.23. The molecule has 1 heterocycles. The summed E-state index contributed by atoms with van der Waals surface area (Å²) in [5.41, 5.74) is 6.82. The summed E-state index contributed by atoms with van der Waals surface area (Å²) in [6.45, 7) is 7.48. The van der Waals surface area contributed by atoms with Crippen molar-refractivity contribution in [2.24, 2.45) is 0 Å². The van der Waals surface area contributed by atoms with E-state index in [2.05, 4.69) is 37.1 Å². The molecule has 0 unspecified atom stereocenters. The Morgan fingerprint density at radius 1 is 1.00 bits per heavy atom. The summed E-state index contributed by atoms with van der Waals surface area (Å²) >= 11 is 0. The number of carboxylic acid groups (broad SMARTS) is 1. The number of aromatic amines is 1. The van der Waals surface area contributed by atoms with E-state index in [4.69, 9.17) is 19.1 Å². The van der Waals surface area contributed by atoms with Crippen LogP contribution in [-0.4, -0.2) is 34.1 Å². The first kappa shape index (κ1) is 27.3. The van der Waals surface area contributed by atoms with Crippen LogP contribution in [0, 0.1) is 20.8 Å². The minimum absolute atomic E-state index is 0.142. The average Bonchev–Trinajstić information content (AvgIpc) is 3.20. The third kappa shape index (κ3) is 6.98. The van der Waals surface area contributed by atoms with Gasteiger partial charge in [0.15, 0.2) is 0 Å². The Morgan fingerprint density at radius 2 is 1.72 bits per heavy atom. The molecule has 0 saturated carbocycles. The van der Waals surface area contributed by atoms with Gasteiger partial charge in [0, 0.05) is 6.54 Å². The van der Waals surface area contributed by atoms with Gasteiger partial charge in [-0.15, -0.1) is 4.74 Å². The predicted molar refractivity (Wildman–Crippen MR) is 146 cm³/mol. The van der Waals surface area contributed by atoms with Crippen molar-refractivity contribution in [3.63, 3.8) is 0 Å². The first-order chi connectivity index (χ1) is 18.7. The molecule has 0 aliphatic rings. The van der Waals surface area contributed by atoms with Gasteiger partial charge >= 0.3 is 17.5 Å². The second-order valence-electron chi connectivity index (χ2n) is 9.23. The van der Waals surface area contributed by atoms with Gasteiger partial charge in [-0.2, -0.15) is 0 Å². The van der Waals surface area contributed by atoms with Crippen LogP contribution in [0.3, 0.4) is 0 Å². The van der Waals surface area contributed by atoms with Crippen LogP contribution in [0.1, 0.15) is 34.2 Å². The van der Waals surface area contributed by atoms with E-state index in [1.807, 2.05) is 48.5 Å². The third-order valence-electron chi connectivity index (χ3n) is 6.36. The Balaban J connectivity index is 1.42. The van der Waals surface area contributed by atoms with Gasteiger partial charge in [0.1, 0.15) is 18.1 Å². The van der Waals surface area contributed by atoms with Crippen LogP contribution in [0.25, 0.3) is 11.1 Å². The third-order valence-corrected chi connectivity index (χ3v) is 6.36. The molecule has 10 heteroatoms. The number of benzene rings is 3. The van der Waals surface area contributed by atoms with E-state index in [-0.39, 0.29) is 6.54 Å². The number of rotatable bonds is 11. The molecule has 10 nitrogen and oxygen atoms in total. The summed E-state index contributed by atoms with van der Waals surface area (Å²) in [7, 11) is 0. The number of aromatic nitrogens is 2. The van der Waals surface area contributed by atoms with E-state index < -0.39 is 17.5 Å². The van der Waals surface area contributed by atoms with E-state index in [1.54, 1.807) is 0 Å². The van der Waals surface area contributed by atoms with Crippen LogP contribution >= 0.6 is 0 Å². The zero-order valence-electron chi connectivity index (χ0n) is 22.1. The quantitative estimate of drug-likeness (QED) is 0.243. The van der Waals surface area contributed by atoms with E-state index >= 15 is 0 Å². The summed E-state index contributed by atoms with van der Waals surface area (Å²) in [6, 6.07) is 17.4. The summed E-state index contributed by atoms with van der Waals surface area (Å²) < 4.78 is 17.7. The second-order valence-corrected chi connectivity index (χ2v) is 9.23. The average molecular weight is 534 g/mol. The minimum atomic E-state index is -1.04. The number of hydrogen-bond acceptors (Lipinski definition) is 6. The summed E-state index contributed by atoms with van der Waals surface area (Å²) in [6.07, 6.45) is -0.451. The van der Waals surface area contributed by atoms with Gasteiger partial charge in [-0.25, -0.2) is 19.4 Å². The molecule has 0 aliphatic heterocycles. The summed E-state index contributed by atoms with van der Waals surface area (Å²) in [4.78, 5) is 35.4. The normalized spacial score (nSPS) is 10.8. The van der Waals surface area contributed by atoms with Crippen molar-refractivity contribution < 1.29 is 23.9 Å². The van der Waals surface area contributed by atoms with Crippen molar-refractivity contribution in [1.82, 2.24) is 15.0 Å². The molecule has 204 valence electrons. The van der Waals surface area contributed by atoms with Gasteiger partial charge in [-0.05, 0) is 90.4 Å². The van der Waals surface area contributed by atoms with Crippen molar-refractivity contribution in [2.45, 2.75) is 40.3 Å². The lowest BCUT2D eigenvalue weighted by atomic mass is 9.90. The molecule has 0 aliphatic carbocycles. The van der Waals surface area contributed by atoms with Gasteiger partial charge < -0.3 is 24.4 Å². The number of nitrogens with zero attached hydrogens (tertiary/aromatic N) is 1. The van der Waals surface area contributed by atoms with Crippen molar-refractivity contribution >= 4 is 6.09 Å². The molecule has 39 heavy (non-hydrogen) atoms. The lowest BCUT2D eigenvalue weighted by Gasteiger charge is -2.18. The van der Waals surface area contributed by atoms with Crippen LogP contribution in [0.15, 0.2) is 68.7 Å². The van der Waals surface area contributed by atoms with Gasteiger partial charge in [0.25, 0.3) is 0 Å². The monoisotopic (exact) mass is 533 g/mol. The van der Waals surface area contributed by atoms with Crippen LogP contribution in [0.4, 0.5) is 4.79 Å². The molecule has 0 fully saturated rings. The van der Waals surface area contributed by atoms with Crippen molar-refractivity contribution in [3.8, 4) is 22.6 Å². The lowest BCUT2D eigenvalue weighted by molar-refractivity contribution is 0.193. The maximum atomic E-state index is 11.6. The number of ether oxygens (including phenoxy) is 2. The van der Waals surface area contributed by atoms with Crippen LogP contribution in [0.2, 0.25) is 0 Å². The molecule has 0 atom stereocenters. The highest BCUT2D eigenvalue weighted by Crippen LogP contribution is 2.34. The van der Waals surface area contributed by atoms with E-state index in [0.717, 1.165) is 49.4 Å². The van der Waals surface area contributed by atoms with Gasteiger partial charge in [0.2, 0.25) is 0 Å². The molecule has 0 bridgehead atoms. The van der Waals surface area contributed by atoms with Gasteiger partial charge in [-0.3, -0.25) is 0 Å². The molecular weight excluding hydrogens is 502 g/mol. The smallest absolute Gasteiger partial charge is 0.440 e. The van der Waals surface area contributed by atoms with Gasteiger partial charge in [-0.1, -0.05) is 30.3 Å². The number of carbonyl (C=O) groups is 1. The molecule has 4 rings (SSSR count). The molecular formula is C29H31N3O7. The van der Waals surface area contributed by atoms with Gasteiger partial charge in [0.05, 0.1) is 13.2 Å². The highest BCUT2D eigenvalue weighted by Gasteiger charge is 2.13.